The third-order valence-corrected chi connectivity index (χ3v) is 4.41. The van der Waals surface area contributed by atoms with Gasteiger partial charge in [-0.3, -0.25) is 9.59 Å². The Morgan fingerprint density at radius 2 is 1.50 bits per heavy atom. The fraction of sp³-hybridized carbons (Fsp3) is 0.800. The van der Waals surface area contributed by atoms with Crippen LogP contribution in [0.1, 0.15) is 85.0 Å². The minimum Gasteiger partial charge on any atom is -0.481 e. The second kappa shape index (κ2) is 15.2. The lowest BCUT2D eigenvalue weighted by Gasteiger charge is -2.24. The molecule has 0 bridgehead atoms. The van der Waals surface area contributed by atoms with E-state index in [-0.39, 0.29) is 18.2 Å². The average Bonchev–Trinajstić information content (AvgIpc) is 2.56. The highest BCUT2D eigenvalue weighted by molar-refractivity contribution is 5.83. The number of allylic oxidation sites excluding steroid dienone is 2. The van der Waals surface area contributed by atoms with Crippen LogP contribution in [-0.4, -0.2) is 35.0 Å². The molecule has 1 amide bonds. The van der Waals surface area contributed by atoms with Gasteiger partial charge in [0.25, 0.3) is 0 Å². The van der Waals surface area contributed by atoms with Gasteiger partial charge < -0.3 is 10.0 Å². The number of rotatable bonds is 15. The third kappa shape index (κ3) is 11.3. The number of amides is 1. The summed E-state index contributed by atoms with van der Waals surface area (Å²) in [6.45, 7) is 7.38. The Kier molecular flexibility index (Phi) is 14.4. The van der Waals surface area contributed by atoms with E-state index in [0.29, 0.717) is 19.5 Å². The summed E-state index contributed by atoms with van der Waals surface area (Å²) in [6.07, 6.45) is 14.4. The van der Waals surface area contributed by atoms with E-state index in [2.05, 4.69) is 19.1 Å². The summed E-state index contributed by atoms with van der Waals surface area (Å²) in [6, 6.07) is 0. The van der Waals surface area contributed by atoms with E-state index in [1.807, 2.05) is 13.8 Å². The van der Waals surface area contributed by atoms with Crippen molar-refractivity contribution in [2.75, 3.05) is 13.1 Å². The molecule has 0 radical (unpaired) electrons. The first-order valence-corrected chi connectivity index (χ1v) is 9.72. The smallest absolute Gasteiger partial charge is 0.304 e. The fourth-order valence-electron chi connectivity index (χ4n) is 2.90. The molecule has 0 aliphatic rings. The van der Waals surface area contributed by atoms with Crippen LogP contribution in [0.2, 0.25) is 0 Å². The minimum atomic E-state index is -0.886. The van der Waals surface area contributed by atoms with E-state index in [0.717, 1.165) is 19.3 Å². The zero-order valence-electron chi connectivity index (χ0n) is 15.9. The SMILES string of the molecule is CCCCCCC/C=C/CCCC(CC(=O)O)C(=O)N(CC)CC. The quantitative estimate of drug-likeness (QED) is 0.336. The number of carbonyl (C=O) groups is 2. The van der Waals surface area contributed by atoms with Crippen LogP contribution in [0.4, 0.5) is 0 Å². The van der Waals surface area contributed by atoms with E-state index >= 15 is 0 Å². The maximum atomic E-state index is 12.4. The molecule has 0 saturated carbocycles. The van der Waals surface area contributed by atoms with Crippen LogP contribution in [0, 0.1) is 5.92 Å². The Morgan fingerprint density at radius 1 is 0.917 bits per heavy atom. The number of carbonyl (C=O) groups excluding carboxylic acids is 1. The molecule has 0 aromatic heterocycles. The number of carboxylic acid groups (broad SMARTS) is 1. The van der Waals surface area contributed by atoms with Gasteiger partial charge in [0, 0.05) is 19.0 Å². The average molecular weight is 340 g/mol. The molecule has 1 unspecified atom stereocenters. The van der Waals surface area contributed by atoms with Crippen molar-refractivity contribution in [3.05, 3.63) is 12.2 Å². The predicted molar refractivity (Wildman–Crippen MR) is 100 cm³/mol. The van der Waals surface area contributed by atoms with E-state index in [4.69, 9.17) is 5.11 Å². The van der Waals surface area contributed by atoms with Gasteiger partial charge in [-0.1, -0.05) is 44.8 Å². The van der Waals surface area contributed by atoms with Gasteiger partial charge in [0.05, 0.1) is 6.42 Å². The Hall–Kier alpha value is -1.32. The Bertz CT molecular complexity index is 362. The Labute approximate surface area is 148 Å². The monoisotopic (exact) mass is 339 g/mol. The van der Waals surface area contributed by atoms with Gasteiger partial charge in [-0.05, 0) is 46.0 Å². The molecule has 0 spiro atoms. The van der Waals surface area contributed by atoms with Gasteiger partial charge in [-0.2, -0.15) is 0 Å². The van der Waals surface area contributed by atoms with Crippen molar-refractivity contribution in [1.82, 2.24) is 4.90 Å². The van der Waals surface area contributed by atoms with Crippen molar-refractivity contribution in [2.24, 2.45) is 5.92 Å². The van der Waals surface area contributed by atoms with Crippen molar-refractivity contribution in [3.8, 4) is 0 Å². The molecule has 1 N–H and O–H groups in total. The normalized spacial score (nSPS) is 12.5. The minimum absolute atomic E-state index is 0.0118. The second-order valence-corrected chi connectivity index (χ2v) is 6.41. The molecule has 1 atom stereocenters. The van der Waals surface area contributed by atoms with Crippen LogP contribution in [0.15, 0.2) is 12.2 Å². The van der Waals surface area contributed by atoms with Gasteiger partial charge in [-0.15, -0.1) is 0 Å². The summed E-state index contributed by atoms with van der Waals surface area (Å²) in [4.78, 5) is 25.1. The number of unbranched alkanes of at least 4 members (excludes halogenated alkanes) is 6. The molecule has 0 aliphatic carbocycles. The van der Waals surface area contributed by atoms with E-state index < -0.39 is 5.97 Å². The van der Waals surface area contributed by atoms with E-state index in [1.165, 1.54) is 32.1 Å². The lowest BCUT2D eigenvalue weighted by molar-refractivity contribution is -0.144. The summed E-state index contributed by atoms with van der Waals surface area (Å²) in [5.74, 6) is -1.28. The highest BCUT2D eigenvalue weighted by Gasteiger charge is 2.24. The standard InChI is InChI=1S/C20H37NO3/c1-4-7-8-9-10-11-12-13-14-15-16-18(17-19(22)23)20(24)21(5-2)6-3/h12-13,18H,4-11,14-17H2,1-3H3,(H,22,23)/b13-12+. The maximum absolute atomic E-state index is 12.4. The Balaban J connectivity index is 4.06. The summed E-state index contributed by atoms with van der Waals surface area (Å²) >= 11 is 0. The van der Waals surface area contributed by atoms with Crippen molar-refractivity contribution in [2.45, 2.75) is 85.0 Å². The lowest BCUT2D eigenvalue weighted by atomic mass is 9.96. The predicted octanol–water partition coefficient (Wildman–Crippen LogP) is 5.03. The molecule has 4 heteroatoms. The van der Waals surface area contributed by atoms with Gasteiger partial charge in [-0.25, -0.2) is 0 Å². The first-order valence-electron chi connectivity index (χ1n) is 9.72. The van der Waals surface area contributed by atoms with Gasteiger partial charge in [0.2, 0.25) is 5.91 Å². The van der Waals surface area contributed by atoms with Crippen LogP contribution in [0.3, 0.4) is 0 Å². The molecule has 0 aliphatic heterocycles. The van der Waals surface area contributed by atoms with Crippen LogP contribution < -0.4 is 0 Å². The van der Waals surface area contributed by atoms with E-state index in [9.17, 15) is 9.59 Å². The molecule has 0 aromatic rings. The van der Waals surface area contributed by atoms with Crippen LogP contribution in [0.25, 0.3) is 0 Å². The van der Waals surface area contributed by atoms with Crippen LogP contribution in [-0.2, 0) is 9.59 Å². The molecule has 0 heterocycles. The largest absolute Gasteiger partial charge is 0.481 e. The summed E-state index contributed by atoms with van der Waals surface area (Å²) < 4.78 is 0. The third-order valence-electron chi connectivity index (χ3n) is 4.41. The van der Waals surface area contributed by atoms with Gasteiger partial charge in [0.15, 0.2) is 0 Å². The van der Waals surface area contributed by atoms with Gasteiger partial charge in [0.1, 0.15) is 0 Å². The van der Waals surface area contributed by atoms with Crippen molar-refractivity contribution in [3.63, 3.8) is 0 Å². The molecule has 140 valence electrons. The number of carboxylic acids is 1. The number of hydrogen-bond acceptors (Lipinski definition) is 2. The molecular formula is C20H37NO3. The van der Waals surface area contributed by atoms with Gasteiger partial charge >= 0.3 is 5.97 Å². The lowest BCUT2D eigenvalue weighted by Crippen LogP contribution is -2.36. The highest BCUT2D eigenvalue weighted by atomic mass is 16.4. The van der Waals surface area contributed by atoms with Crippen molar-refractivity contribution >= 4 is 11.9 Å². The summed E-state index contributed by atoms with van der Waals surface area (Å²) in [5.41, 5.74) is 0. The topological polar surface area (TPSA) is 57.6 Å². The zero-order valence-corrected chi connectivity index (χ0v) is 15.9. The molecule has 4 nitrogen and oxygen atoms in total. The maximum Gasteiger partial charge on any atom is 0.304 e. The van der Waals surface area contributed by atoms with Crippen molar-refractivity contribution in [1.29, 1.82) is 0 Å². The molecule has 24 heavy (non-hydrogen) atoms. The van der Waals surface area contributed by atoms with E-state index in [1.54, 1.807) is 4.90 Å². The molecule has 0 aromatic carbocycles. The molecule has 0 saturated heterocycles. The first-order chi connectivity index (χ1) is 11.6. The summed E-state index contributed by atoms with van der Waals surface area (Å²) in [5, 5.41) is 9.04. The number of hydrogen-bond donors (Lipinski definition) is 1. The summed E-state index contributed by atoms with van der Waals surface area (Å²) in [7, 11) is 0. The van der Waals surface area contributed by atoms with Crippen molar-refractivity contribution < 1.29 is 14.7 Å². The number of aliphatic carboxylic acids is 1. The zero-order chi connectivity index (χ0) is 18.2. The Morgan fingerprint density at radius 3 is 2.04 bits per heavy atom. The number of nitrogens with zero attached hydrogens (tertiary/aromatic N) is 1. The fourth-order valence-corrected chi connectivity index (χ4v) is 2.90. The first kappa shape index (κ1) is 22.7. The van der Waals surface area contributed by atoms with Crippen LogP contribution >= 0.6 is 0 Å². The highest BCUT2D eigenvalue weighted by Crippen LogP contribution is 2.17. The molecule has 0 fully saturated rings. The van der Waals surface area contributed by atoms with Crippen LogP contribution in [0.5, 0.6) is 0 Å². The molecule has 0 rings (SSSR count). The second-order valence-electron chi connectivity index (χ2n) is 6.41. The molecular weight excluding hydrogens is 302 g/mol.